The summed E-state index contributed by atoms with van der Waals surface area (Å²) in [6, 6.07) is 12.8. The van der Waals surface area contributed by atoms with Gasteiger partial charge < -0.3 is 15.2 Å². The van der Waals surface area contributed by atoms with Crippen molar-refractivity contribution in [2.45, 2.75) is 19.4 Å². The predicted molar refractivity (Wildman–Crippen MR) is 86.3 cm³/mol. The number of nitrogens with one attached hydrogen (secondary N) is 1. The number of methoxy groups -OCH3 is 1. The minimum absolute atomic E-state index is 0.0748. The van der Waals surface area contributed by atoms with Crippen molar-refractivity contribution >= 4 is 11.9 Å². The average Bonchev–Trinajstić information content (AvgIpc) is 2.54. The van der Waals surface area contributed by atoms with E-state index in [-0.39, 0.29) is 5.75 Å². The number of phenols is 1. The summed E-state index contributed by atoms with van der Waals surface area (Å²) in [7, 11) is 1.29. The highest BCUT2D eigenvalue weighted by atomic mass is 16.5. The van der Waals surface area contributed by atoms with Crippen molar-refractivity contribution in [1.29, 1.82) is 0 Å². The Morgan fingerprint density at radius 2 is 1.87 bits per heavy atom. The zero-order valence-electron chi connectivity index (χ0n) is 13.1. The number of carbonyl (C=O) groups is 2. The van der Waals surface area contributed by atoms with Crippen LogP contribution in [0, 0.1) is 6.92 Å². The standard InChI is InChI=1S/C18H19NO4/c1-12-4-3-5-13(10-12)11-16(18(22)23-2)19-17(21)14-6-8-15(20)9-7-14/h3-10,16,20H,11H2,1-2H3,(H,19,21)/t16-/m1/s1. The van der Waals surface area contributed by atoms with E-state index >= 15 is 0 Å². The maximum absolute atomic E-state index is 12.2. The lowest BCUT2D eigenvalue weighted by atomic mass is 10.0. The van der Waals surface area contributed by atoms with Crippen molar-refractivity contribution < 1.29 is 19.4 Å². The summed E-state index contributed by atoms with van der Waals surface area (Å²) >= 11 is 0. The summed E-state index contributed by atoms with van der Waals surface area (Å²) in [5.41, 5.74) is 2.38. The van der Waals surface area contributed by atoms with Crippen LogP contribution in [0.15, 0.2) is 48.5 Å². The van der Waals surface area contributed by atoms with Crippen LogP contribution in [0.5, 0.6) is 5.75 Å². The highest BCUT2D eigenvalue weighted by Crippen LogP contribution is 2.11. The maximum atomic E-state index is 12.2. The van der Waals surface area contributed by atoms with E-state index in [0.717, 1.165) is 11.1 Å². The molecule has 0 spiro atoms. The van der Waals surface area contributed by atoms with E-state index in [4.69, 9.17) is 4.74 Å². The van der Waals surface area contributed by atoms with E-state index in [1.807, 2.05) is 31.2 Å². The molecule has 1 atom stereocenters. The number of amides is 1. The number of hydrogen-bond donors (Lipinski definition) is 2. The third-order valence-electron chi connectivity index (χ3n) is 3.44. The molecular formula is C18H19NO4. The van der Waals surface area contributed by atoms with Gasteiger partial charge in [0, 0.05) is 12.0 Å². The summed E-state index contributed by atoms with van der Waals surface area (Å²) in [6.45, 7) is 1.96. The van der Waals surface area contributed by atoms with Crippen LogP contribution < -0.4 is 5.32 Å². The number of carbonyl (C=O) groups excluding carboxylic acids is 2. The van der Waals surface area contributed by atoms with Crippen LogP contribution in [-0.2, 0) is 16.0 Å². The molecule has 0 aliphatic heterocycles. The average molecular weight is 313 g/mol. The molecule has 2 N–H and O–H groups in total. The number of aromatic hydroxyl groups is 1. The van der Waals surface area contributed by atoms with E-state index < -0.39 is 17.9 Å². The first-order valence-electron chi connectivity index (χ1n) is 7.23. The maximum Gasteiger partial charge on any atom is 0.328 e. The van der Waals surface area contributed by atoms with Gasteiger partial charge in [0.15, 0.2) is 0 Å². The largest absolute Gasteiger partial charge is 0.508 e. The first-order valence-corrected chi connectivity index (χ1v) is 7.23. The van der Waals surface area contributed by atoms with Gasteiger partial charge in [0.1, 0.15) is 11.8 Å². The van der Waals surface area contributed by atoms with Crippen LogP contribution in [-0.4, -0.2) is 30.1 Å². The molecule has 2 aromatic carbocycles. The van der Waals surface area contributed by atoms with Crippen LogP contribution in [0.3, 0.4) is 0 Å². The second-order valence-corrected chi connectivity index (χ2v) is 5.29. The molecule has 5 nitrogen and oxygen atoms in total. The number of aryl methyl sites for hydroxylation is 1. The quantitative estimate of drug-likeness (QED) is 0.830. The number of ether oxygens (including phenoxy) is 1. The molecule has 0 fully saturated rings. The van der Waals surface area contributed by atoms with Crippen molar-refractivity contribution in [3.63, 3.8) is 0 Å². The summed E-state index contributed by atoms with van der Waals surface area (Å²) < 4.78 is 4.78. The molecule has 120 valence electrons. The van der Waals surface area contributed by atoms with Crippen molar-refractivity contribution in [2.75, 3.05) is 7.11 Å². The van der Waals surface area contributed by atoms with Gasteiger partial charge in [-0.1, -0.05) is 29.8 Å². The molecular weight excluding hydrogens is 294 g/mol. The molecule has 2 rings (SSSR count). The van der Waals surface area contributed by atoms with E-state index in [0.29, 0.717) is 12.0 Å². The van der Waals surface area contributed by atoms with Crippen LogP contribution >= 0.6 is 0 Å². The summed E-state index contributed by atoms with van der Waals surface area (Å²) in [4.78, 5) is 24.2. The molecule has 0 aliphatic carbocycles. The minimum Gasteiger partial charge on any atom is -0.508 e. The molecule has 1 amide bonds. The van der Waals surface area contributed by atoms with Gasteiger partial charge in [-0.05, 0) is 36.8 Å². The van der Waals surface area contributed by atoms with Gasteiger partial charge >= 0.3 is 5.97 Å². The Morgan fingerprint density at radius 1 is 1.17 bits per heavy atom. The van der Waals surface area contributed by atoms with Crippen LogP contribution in [0.4, 0.5) is 0 Å². The van der Waals surface area contributed by atoms with E-state index in [1.165, 1.54) is 31.4 Å². The normalized spacial score (nSPS) is 11.6. The molecule has 0 heterocycles. The lowest BCUT2D eigenvalue weighted by Crippen LogP contribution is -2.43. The van der Waals surface area contributed by atoms with Gasteiger partial charge in [-0.2, -0.15) is 0 Å². The van der Waals surface area contributed by atoms with E-state index in [2.05, 4.69) is 5.32 Å². The first kappa shape index (κ1) is 16.5. The molecule has 5 heteroatoms. The van der Waals surface area contributed by atoms with Gasteiger partial charge in [-0.25, -0.2) is 4.79 Å². The molecule has 0 saturated carbocycles. The van der Waals surface area contributed by atoms with E-state index in [9.17, 15) is 14.7 Å². The van der Waals surface area contributed by atoms with Gasteiger partial charge in [0.2, 0.25) is 0 Å². The molecule has 0 bridgehead atoms. The number of benzene rings is 2. The molecule has 0 aromatic heterocycles. The lowest BCUT2D eigenvalue weighted by Gasteiger charge is -2.17. The summed E-state index contributed by atoms with van der Waals surface area (Å²) in [5, 5.41) is 11.9. The Bertz CT molecular complexity index is 694. The molecule has 0 unspecified atom stereocenters. The van der Waals surface area contributed by atoms with Crippen molar-refractivity contribution in [3.05, 3.63) is 65.2 Å². The third-order valence-corrected chi connectivity index (χ3v) is 3.44. The van der Waals surface area contributed by atoms with Gasteiger partial charge in [0.05, 0.1) is 7.11 Å². The fraction of sp³-hybridized carbons (Fsp3) is 0.222. The Morgan fingerprint density at radius 3 is 2.48 bits per heavy atom. The van der Waals surface area contributed by atoms with E-state index in [1.54, 1.807) is 0 Å². The zero-order chi connectivity index (χ0) is 16.8. The van der Waals surface area contributed by atoms with Crippen molar-refractivity contribution in [3.8, 4) is 5.75 Å². The zero-order valence-corrected chi connectivity index (χ0v) is 13.1. The monoisotopic (exact) mass is 313 g/mol. The van der Waals surface area contributed by atoms with Crippen LogP contribution in [0.25, 0.3) is 0 Å². The third kappa shape index (κ3) is 4.57. The number of hydrogen-bond acceptors (Lipinski definition) is 4. The molecule has 2 aromatic rings. The summed E-state index contributed by atoms with van der Waals surface area (Å²) in [5.74, 6) is -0.822. The second-order valence-electron chi connectivity index (χ2n) is 5.29. The minimum atomic E-state index is -0.775. The smallest absolute Gasteiger partial charge is 0.328 e. The topological polar surface area (TPSA) is 75.6 Å². The highest BCUT2D eigenvalue weighted by Gasteiger charge is 2.22. The molecule has 0 aliphatic rings. The number of esters is 1. The first-order chi connectivity index (χ1) is 11.0. The Labute approximate surface area is 134 Å². The van der Waals surface area contributed by atoms with Crippen LogP contribution in [0.2, 0.25) is 0 Å². The predicted octanol–water partition coefficient (Wildman–Crippen LogP) is 2.21. The number of phenolic OH excluding ortho intramolecular Hbond substituents is 1. The molecule has 0 radical (unpaired) electrons. The molecule has 0 saturated heterocycles. The van der Waals surface area contributed by atoms with Crippen LogP contribution in [0.1, 0.15) is 21.5 Å². The van der Waals surface area contributed by atoms with Crippen molar-refractivity contribution in [2.24, 2.45) is 0 Å². The van der Waals surface area contributed by atoms with Gasteiger partial charge in [0.25, 0.3) is 5.91 Å². The summed E-state index contributed by atoms with van der Waals surface area (Å²) in [6.07, 6.45) is 0.345. The molecule has 23 heavy (non-hydrogen) atoms. The Balaban J connectivity index is 2.13. The Hall–Kier alpha value is -2.82. The highest BCUT2D eigenvalue weighted by molar-refractivity contribution is 5.96. The SMILES string of the molecule is COC(=O)[C@@H](Cc1cccc(C)c1)NC(=O)c1ccc(O)cc1. The lowest BCUT2D eigenvalue weighted by molar-refractivity contribution is -0.142. The van der Waals surface area contributed by atoms with Gasteiger partial charge in [-0.15, -0.1) is 0 Å². The fourth-order valence-corrected chi connectivity index (χ4v) is 2.26. The number of rotatable bonds is 5. The fourth-order valence-electron chi connectivity index (χ4n) is 2.26. The Kier molecular flexibility index (Phi) is 5.36. The van der Waals surface area contributed by atoms with Gasteiger partial charge in [-0.3, -0.25) is 4.79 Å². The second kappa shape index (κ2) is 7.45. The van der Waals surface area contributed by atoms with Crippen molar-refractivity contribution in [1.82, 2.24) is 5.32 Å².